The van der Waals surface area contributed by atoms with Gasteiger partial charge in [0.1, 0.15) is 5.75 Å². The summed E-state index contributed by atoms with van der Waals surface area (Å²) in [7, 11) is 1.62. The van der Waals surface area contributed by atoms with E-state index in [1.807, 2.05) is 42.5 Å². The van der Waals surface area contributed by atoms with Crippen molar-refractivity contribution >= 4 is 17.5 Å². The van der Waals surface area contributed by atoms with E-state index in [4.69, 9.17) is 4.74 Å². The van der Waals surface area contributed by atoms with Crippen molar-refractivity contribution in [1.29, 1.82) is 0 Å². The largest absolute Gasteiger partial charge is 0.497 e. The number of nitrogens with one attached hydrogen (secondary N) is 2. The first-order chi connectivity index (χ1) is 11.6. The van der Waals surface area contributed by atoms with E-state index in [2.05, 4.69) is 10.6 Å². The van der Waals surface area contributed by atoms with Crippen LogP contribution in [0.1, 0.15) is 23.1 Å². The molecule has 1 aliphatic rings. The number of ether oxygens (including phenoxy) is 1. The molecule has 2 N–H and O–H groups in total. The summed E-state index contributed by atoms with van der Waals surface area (Å²) in [5.41, 5.74) is 3.98. The average Bonchev–Trinajstić information content (AvgIpc) is 2.60. The molecule has 0 bridgehead atoms. The van der Waals surface area contributed by atoms with Crippen molar-refractivity contribution in [2.75, 3.05) is 12.4 Å². The molecule has 0 aliphatic carbocycles. The number of methoxy groups -OCH3 is 1. The van der Waals surface area contributed by atoms with Crippen molar-refractivity contribution in [3.8, 4) is 5.75 Å². The lowest BCUT2D eigenvalue weighted by molar-refractivity contribution is -0.120. The Labute approximate surface area is 141 Å². The molecule has 24 heavy (non-hydrogen) atoms. The maximum atomic E-state index is 12.1. The minimum atomic E-state index is -0.0220. The first kappa shape index (κ1) is 16.1. The highest BCUT2D eigenvalue weighted by Gasteiger charge is 2.14. The molecular formula is C19H20N2O3. The number of carbonyl (C=O) groups is 2. The van der Waals surface area contributed by atoms with Gasteiger partial charge in [-0.05, 0) is 41.3 Å². The zero-order valence-electron chi connectivity index (χ0n) is 13.6. The number of amides is 2. The van der Waals surface area contributed by atoms with Crippen molar-refractivity contribution < 1.29 is 14.3 Å². The summed E-state index contributed by atoms with van der Waals surface area (Å²) in [6, 6.07) is 13.3. The Hall–Kier alpha value is -2.82. The van der Waals surface area contributed by atoms with Crippen LogP contribution in [-0.4, -0.2) is 18.9 Å². The van der Waals surface area contributed by atoms with Crippen LogP contribution in [0.25, 0.3) is 0 Å². The fourth-order valence-corrected chi connectivity index (χ4v) is 2.74. The third-order valence-corrected chi connectivity index (χ3v) is 4.08. The van der Waals surface area contributed by atoms with Crippen LogP contribution in [0, 0.1) is 0 Å². The van der Waals surface area contributed by atoms with Gasteiger partial charge in [-0.3, -0.25) is 9.59 Å². The van der Waals surface area contributed by atoms with Gasteiger partial charge in [-0.25, -0.2) is 0 Å². The first-order valence-electron chi connectivity index (χ1n) is 7.95. The molecule has 2 amide bonds. The molecule has 0 unspecified atom stereocenters. The number of hydrogen-bond donors (Lipinski definition) is 2. The van der Waals surface area contributed by atoms with Gasteiger partial charge in [0.2, 0.25) is 11.8 Å². The monoisotopic (exact) mass is 324 g/mol. The van der Waals surface area contributed by atoms with E-state index in [0.29, 0.717) is 19.4 Å². The van der Waals surface area contributed by atoms with Gasteiger partial charge in [-0.1, -0.05) is 24.3 Å². The normalized spacial score (nSPS) is 13.0. The van der Waals surface area contributed by atoms with Crippen LogP contribution in [0.15, 0.2) is 42.5 Å². The second-order valence-electron chi connectivity index (χ2n) is 5.84. The van der Waals surface area contributed by atoms with Gasteiger partial charge in [-0.2, -0.15) is 0 Å². The van der Waals surface area contributed by atoms with Crippen molar-refractivity contribution in [3.63, 3.8) is 0 Å². The molecule has 5 nitrogen and oxygen atoms in total. The second-order valence-corrected chi connectivity index (χ2v) is 5.84. The quantitative estimate of drug-likeness (QED) is 0.888. The molecule has 5 heteroatoms. The summed E-state index contributed by atoms with van der Waals surface area (Å²) in [6.07, 6.45) is 1.60. The minimum absolute atomic E-state index is 0.0220. The van der Waals surface area contributed by atoms with Gasteiger partial charge < -0.3 is 15.4 Å². The highest BCUT2D eigenvalue weighted by atomic mass is 16.5. The molecule has 2 aromatic carbocycles. The summed E-state index contributed by atoms with van der Waals surface area (Å²) < 4.78 is 5.10. The molecule has 0 fully saturated rings. The van der Waals surface area contributed by atoms with Gasteiger partial charge in [0.05, 0.1) is 13.5 Å². The number of hydrogen-bond acceptors (Lipinski definition) is 3. The van der Waals surface area contributed by atoms with Crippen molar-refractivity contribution in [2.45, 2.75) is 25.8 Å². The van der Waals surface area contributed by atoms with Crippen LogP contribution in [0.5, 0.6) is 5.75 Å². The fraction of sp³-hybridized carbons (Fsp3) is 0.263. The molecule has 2 aromatic rings. The maximum absolute atomic E-state index is 12.1. The summed E-state index contributed by atoms with van der Waals surface area (Å²) in [6.45, 7) is 0.482. The molecule has 0 aromatic heterocycles. The number of anilines is 1. The summed E-state index contributed by atoms with van der Waals surface area (Å²) in [5.74, 6) is 0.814. The number of fused-ring (bicyclic) bond motifs is 1. The molecule has 0 saturated carbocycles. The van der Waals surface area contributed by atoms with Gasteiger partial charge in [0.15, 0.2) is 0 Å². The molecule has 124 valence electrons. The zero-order chi connectivity index (χ0) is 16.9. The topological polar surface area (TPSA) is 67.4 Å². The van der Waals surface area contributed by atoms with E-state index in [1.165, 1.54) is 0 Å². The van der Waals surface area contributed by atoms with E-state index < -0.39 is 0 Å². The molecule has 0 atom stereocenters. The Balaban J connectivity index is 1.55. The molecule has 0 spiro atoms. The lowest BCUT2D eigenvalue weighted by atomic mass is 10.0. The lowest BCUT2D eigenvalue weighted by Gasteiger charge is -2.17. The molecule has 1 heterocycles. The van der Waals surface area contributed by atoms with E-state index >= 15 is 0 Å². The highest BCUT2D eigenvalue weighted by Crippen LogP contribution is 2.23. The Morgan fingerprint density at radius 3 is 2.62 bits per heavy atom. The first-order valence-corrected chi connectivity index (χ1v) is 7.95. The second kappa shape index (κ2) is 7.17. The van der Waals surface area contributed by atoms with Crippen LogP contribution >= 0.6 is 0 Å². The van der Waals surface area contributed by atoms with E-state index in [0.717, 1.165) is 34.5 Å². The van der Waals surface area contributed by atoms with Gasteiger partial charge >= 0.3 is 0 Å². The fourth-order valence-electron chi connectivity index (χ4n) is 2.74. The van der Waals surface area contributed by atoms with E-state index in [1.54, 1.807) is 7.11 Å². The van der Waals surface area contributed by atoms with Gasteiger partial charge in [0, 0.05) is 18.7 Å². The zero-order valence-corrected chi connectivity index (χ0v) is 13.6. The van der Waals surface area contributed by atoms with Crippen LogP contribution in [0.2, 0.25) is 0 Å². The van der Waals surface area contributed by atoms with Gasteiger partial charge in [0.25, 0.3) is 0 Å². The summed E-state index contributed by atoms with van der Waals surface area (Å²) >= 11 is 0. The van der Waals surface area contributed by atoms with Crippen molar-refractivity contribution in [1.82, 2.24) is 5.32 Å². The number of benzene rings is 2. The summed E-state index contributed by atoms with van der Waals surface area (Å²) in [5, 5.41) is 5.79. The van der Waals surface area contributed by atoms with E-state index in [9.17, 15) is 9.59 Å². The maximum Gasteiger partial charge on any atom is 0.224 e. The lowest BCUT2D eigenvalue weighted by Crippen LogP contribution is -2.25. The molecule has 3 rings (SSSR count). The van der Waals surface area contributed by atoms with Crippen LogP contribution < -0.4 is 15.4 Å². The number of carbonyl (C=O) groups excluding carboxylic acids is 2. The predicted molar refractivity (Wildman–Crippen MR) is 91.9 cm³/mol. The van der Waals surface area contributed by atoms with Crippen LogP contribution in [0.4, 0.5) is 5.69 Å². The van der Waals surface area contributed by atoms with Gasteiger partial charge in [-0.15, -0.1) is 0 Å². The third-order valence-electron chi connectivity index (χ3n) is 4.08. The Morgan fingerprint density at radius 2 is 1.88 bits per heavy atom. The SMILES string of the molecule is COc1ccc(CC(=O)NCc2ccc3c(c2)CCC(=O)N3)cc1. The Morgan fingerprint density at radius 1 is 1.12 bits per heavy atom. The summed E-state index contributed by atoms with van der Waals surface area (Å²) in [4.78, 5) is 23.4. The Kier molecular flexibility index (Phi) is 4.79. The average molecular weight is 324 g/mol. The Bertz CT molecular complexity index is 754. The predicted octanol–water partition coefficient (Wildman–Crippen LogP) is 2.44. The van der Waals surface area contributed by atoms with E-state index in [-0.39, 0.29) is 11.8 Å². The molecule has 1 aliphatic heterocycles. The molecule has 0 radical (unpaired) electrons. The standard InChI is InChI=1S/C19H20N2O3/c1-24-16-6-2-13(3-7-16)11-19(23)20-12-14-4-8-17-15(10-14)5-9-18(22)21-17/h2-4,6-8,10H,5,9,11-12H2,1H3,(H,20,23)(H,21,22). The van der Waals surface area contributed by atoms with Crippen molar-refractivity contribution in [3.05, 3.63) is 59.2 Å². The molecule has 0 saturated heterocycles. The van der Waals surface area contributed by atoms with Crippen molar-refractivity contribution in [2.24, 2.45) is 0 Å². The highest BCUT2D eigenvalue weighted by molar-refractivity contribution is 5.93. The number of aryl methyl sites for hydroxylation is 1. The minimum Gasteiger partial charge on any atom is -0.497 e. The van der Waals surface area contributed by atoms with Crippen LogP contribution in [0.3, 0.4) is 0 Å². The smallest absolute Gasteiger partial charge is 0.224 e. The number of rotatable bonds is 5. The third kappa shape index (κ3) is 3.93. The molecular weight excluding hydrogens is 304 g/mol. The van der Waals surface area contributed by atoms with Crippen LogP contribution in [-0.2, 0) is 29.0 Å².